The van der Waals surface area contributed by atoms with E-state index in [1.807, 2.05) is 12.5 Å². The van der Waals surface area contributed by atoms with Crippen LogP contribution in [0.1, 0.15) is 12.8 Å². The minimum atomic E-state index is -0.267. The molecule has 80 valence electrons. The maximum Gasteiger partial charge on any atom is 0.249 e. The predicted molar refractivity (Wildman–Crippen MR) is 60.7 cm³/mol. The van der Waals surface area contributed by atoms with Gasteiger partial charge in [-0.15, -0.1) is 23.5 Å². The fourth-order valence-electron chi connectivity index (χ4n) is 2.37. The Balaban J connectivity index is 2.23. The second-order valence-corrected chi connectivity index (χ2v) is 5.97. The molecule has 0 aromatic heterocycles. The van der Waals surface area contributed by atoms with Gasteiger partial charge in [0.2, 0.25) is 5.91 Å². The van der Waals surface area contributed by atoms with E-state index in [2.05, 4.69) is 5.32 Å². The zero-order valence-corrected chi connectivity index (χ0v) is 10.1. The highest BCUT2D eigenvalue weighted by Crippen LogP contribution is 2.53. The highest BCUT2D eigenvalue weighted by molar-refractivity contribution is 8.19. The van der Waals surface area contributed by atoms with Crippen LogP contribution in [-0.4, -0.2) is 41.3 Å². The fraction of sp³-hybridized carbons (Fsp3) is 0.889. The summed E-state index contributed by atoms with van der Waals surface area (Å²) in [4.78, 5) is 11.7. The number of carbonyl (C=O) groups is 1. The van der Waals surface area contributed by atoms with E-state index in [4.69, 9.17) is 4.74 Å². The molecule has 0 atom stereocenters. The Morgan fingerprint density at radius 2 is 1.86 bits per heavy atom. The zero-order chi connectivity index (χ0) is 10.2. The third-order valence-electron chi connectivity index (χ3n) is 3.20. The zero-order valence-electron chi connectivity index (χ0n) is 8.46. The summed E-state index contributed by atoms with van der Waals surface area (Å²) in [6.45, 7) is 1.53. The lowest BCUT2D eigenvalue weighted by molar-refractivity contribution is -0.137. The lowest BCUT2D eigenvalue weighted by atomic mass is 9.79. The van der Waals surface area contributed by atoms with Crippen molar-refractivity contribution in [3.05, 3.63) is 0 Å². The molecule has 0 radical (unpaired) electrons. The molecule has 14 heavy (non-hydrogen) atoms. The van der Waals surface area contributed by atoms with Gasteiger partial charge in [-0.05, 0) is 25.4 Å². The van der Waals surface area contributed by atoms with Gasteiger partial charge in [-0.25, -0.2) is 0 Å². The van der Waals surface area contributed by atoms with Crippen LogP contribution in [0.25, 0.3) is 0 Å². The summed E-state index contributed by atoms with van der Waals surface area (Å²) in [7, 11) is 0. The van der Waals surface area contributed by atoms with Gasteiger partial charge in [0, 0.05) is 13.2 Å². The lowest BCUT2D eigenvalue weighted by Crippen LogP contribution is -2.79. The largest absolute Gasteiger partial charge is 0.381 e. The van der Waals surface area contributed by atoms with Crippen LogP contribution in [0.3, 0.4) is 0 Å². The van der Waals surface area contributed by atoms with E-state index in [9.17, 15) is 4.79 Å². The Kier molecular flexibility index (Phi) is 2.74. The van der Waals surface area contributed by atoms with Crippen molar-refractivity contribution in [1.82, 2.24) is 5.32 Å². The Bertz CT molecular complexity index is 247. The molecule has 0 aliphatic carbocycles. The van der Waals surface area contributed by atoms with Crippen LogP contribution < -0.4 is 5.32 Å². The van der Waals surface area contributed by atoms with Gasteiger partial charge in [-0.2, -0.15) is 0 Å². The van der Waals surface area contributed by atoms with E-state index in [-0.39, 0.29) is 15.5 Å². The Morgan fingerprint density at radius 3 is 2.29 bits per heavy atom. The normalized spacial score (nSPS) is 28.3. The van der Waals surface area contributed by atoms with Gasteiger partial charge in [0.05, 0.1) is 5.54 Å². The van der Waals surface area contributed by atoms with Crippen LogP contribution in [0.2, 0.25) is 0 Å². The van der Waals surface area contributed by atoms with E-state index < -0.39 is 0 Å². The molecule has 0 aromatic rings. The van der Waals surface area contributed by atoms with Crippen molar-refractivity contribution in [3.63, 3.8) is 0 Å². The number of hydrogen-bond acceptors (Lipinski definition) is 4. The quantitative estimate of drug-likeness (QED) is 0.572. The molecular weight excluding hydrogens is 218 g/mol. The number of β-lactam (4-membered cyclic amide) rings is 1. The minimum absolute atomic E-state index is 0.0127. The number of ether oxygens (including phenoxy) is 1. The summed E-state index contributed by atoms with van der Waals surface area (Å²) in [6, 6.07) is 0. The highest BCUT2D eigenvalue weighted by atomic mass is 32.2. The smallest absolute Gasteiger partial charge is 0.249 e. The van der Waals surface area contributed by atoms with Gasteiger partial charge in [-0.3, -0.25) is 4.79 Å². The molecule has 2 aliphatic heterocycles. The summed E-state index contributed by atoms with van der Waals surface area (Å²) >= 11 is 3.34. The van der Waals surface area contributed by atoms with Crippen LogP contribution in [0, 0.1) is 0 Å². The monoisotopic (exact) mass is 233 g/mol. The van der Waals surface area contributed by atoms with Crippen LogP contribution in [-0.2, 0) is 9.53 Å². The molecule has 3 nitrogen and oxygen atoms in total. The molecule has 0 saturated carbocycles. The van der Waals surface area contributed by atoms with Crippen molar-refractivity contribution >= 4 is 29.4 Å². The minimum Gasteiger partial charge on any atom is -0.381 e. The molecule has 0 aromatic carbocycles. The van der Waals surface area contributed by atoms with Crippen molar-refractivity contribution in [2.24, 2.45) is 0 Å². The van der Waals surface area contributed by atoms with Crippen molar-refractivity contribution < 1.29 is 9.53 Å². The Hall–Kier alpha value is 0.130. The van der Waals surface area contributed by atoms with Gasteiger partial charge in [0.25, 0.3) is 0 Å². The molecular formula is C9H15NO2S2. The molecule has 2 rings (SSSR count). The molecule has 2 heterocycles. The Labute approximate surface area is 92.7 Å². The van der Waals surface area contributed by atoms with Crippen molar-refractivity contribution in [2.45, 2.75) is 22.5 Å². The van der Waals surface area contributed by atoms with Crippen LogP contribution in [0.5, 0.6) is 0 Å². The summed E-state index contributed by atoms with van der Waals surface area (Å²) < 4.78 is 5.08. The maximum atomic E-state index is 11.7. The molecule has 1 N–H and O–H groups in total. The van der Waals surface area contributed by atoms with Crippen LogP contribution >= 0.6 is 23.5 Å². The van der Waals surface area contributed by atoms with Gasteiger partial charge >= 0.3 is 0 Å². The van der Waals surface area contributed by atoms with Crippen molar-refractivity contribution in [2.75, 3.05) is 25.7 Å². The predicted octanol–water partition coefficient (Wildman–Crippen LogP) is 1.09. The van der Waals surface area contributed by atoms with E-state index in [0.717, 1.165) is 26.1 Å². The third kappa shape index (κ3) is 1.15. The van der Waals surface area contributed by atoms with Gasteiger partial charge < -0.3 is 10.1 Å². The fourth-order valence-corrected chi connectivity index (χ4v) is 4.80. The molecule has 2 aliphatic rings. The van der Waals surface area contributed by atoms with E-state index in [1.54, 1.807) is 23.5 Å². The first-order valence-electron chi connectivity index (χ1n) is 4.71. The molecule has 2 saturated heterocycles. The number of hydrogen-bond donors (Lipinski definition) is 1. The first kappa shape index (κ1) is 10.6. The second kappa shape index (κ2) is 3.61. The Morgan fingerprint density at radius 1 is 1.29 bits per heavy atom. The molecule has 1 amide bonds. The van der Waals surface area contributed by atoms with Crippen molar-refractivity contribution in [1.29, 1.82) is 0 Å². The van der Waals surface area contributed by atoms with E-state index in [0.29, 0.717) is 0 Å². The summed E-state index contributed by atoms with van der Waals surface area (Å²) in [5.41, 5.74) is -0.0127. The molecule has 0 unspecified atom stereocenters. The maximum absolute atomic E-state index is 11.7. The third-order valence-corrected chi connectivity index (χ3v) is 6.51. The van der Waals surface area contributed by atoms with Crippen LogP contribution in [0.15, 0.2) is 0 Å². The van der Waals surface area contributed by atoms with Gasteiger partial charge in [0.1, 0.15) is 0 Å². The first-order chi connectivity index (χ1) is 6.71. The summed E-state index contributed by atoms with van der Waals surface area (Å²) in [5.74, 6) is 0.180. The number of rotatable bonds is 2. The van der Waals surface area contributed by atoms with Gasteiger partial charge in [-0.1, -0.05) is 0 Å². The number of nitrogens with one attached hydrogen (secondary N) is 1. The number of thioether (sulfide) groups is 2. The molecule has 2 fully saturated rings. The number of carbonyl (C=O) groups excluding carboxylic acids is 1. The molecule has 5 heteroatoms. The topological polar surface area (TPSA) is 38.3 Å². The standard InChI is InChI=1S/C9H15NO2S2/c1-13-9(14-2)7(11)10-8(9)3-5-12-6-4-8/h3-6H2,1-2H3,(H,10,11). The molecule has 0 bridgehead atoms. The number of amides is 1. The van der Waals surface area contributed by atoms with E-state index in [1.165, 1.54) is 0 Å². The second-order valence-electron chi connectivity index (χ2n) is 3.67. The van der Waals surface area contributed by atoms with E-state index >= 15 is 0 Å². The lowest BCUT2D eigenvalue weighted by Gasteiger charge is -2.58. The summed E-state index contributed by atoms with van der Waals surface area (Å²) in [6.07, 6.45) is 5.93. The SMILES string of the molecule is CSC1(SC)C(=O)NC12CCOCC2. The average Bonchev–Trinajstić information content (AvgIpc) is 2.21. The summed E-state index contributed by atoms with van der Waals surface area (Å²) in [5, 5.41) is 3.09. The highest BCUT2D eigenvalue weighted by Gasteiger charge is 2.65. The van der Waals surface area contributed by atoms with Crippen LogP contribution in [0.4, 0.5) is 0 Å². The average molecular weight is 233 g/mol. The first-order valence-corrected chi connectivity index (χ1v) is 7.16. The van der Waals surface area contributed by atoms with Crippen molar-refractivity contribution in [3.8, 4) is 0 Å². The van der Waals surface area contributed by atoms with Gasteiger partial charge in [0.15, 0.2) is 4.08 Å². The molecule has 1 spiro atoms.